The fourth-order valence-corrected chi connectivity index (χ4v) is 12.7. The Hall–Kier alpha value is -8.65. The summed E-state index contributed by atoms with van der Waals surface area (Å²) in [6.07, 6.45) is 37.6. The number of benzene rings is 6. The van der Waals surface area contributed by atoms with Crippen LogP contribution < -0.4 is 10.2 Å². The van der Waals surface area contributed by atoms with E-state index in [4.69, 9.17) is 4.99 Å². The summed E-state index contributed by atoms with van der Waals surface area (Å²) in [5.74, 6) is 7.37. The molecular formula is C69H54N4. The predicted octanol–water partition coefficient (Wildman–Crippen LogP) is 16.4. The van der Waals surface area contributed by atoms with E-state index in [1.165, 1.54) is 83.9 Å². The highest BCUT2D eigenvalue weighted by Gasteiger charge is 2.41. The number of anilines is 2. The fraction of sp³-hybridized carbons (Fsp3) is 0.145. The molecule has 0 fully saturated rings. The molecule has 4 heteroatoms. The molecule has 1 aromatic heterocycles. The number of hydrogen-bond acceptors (Lipinski definition) is 3. The molecule has 350 valence electrons. The predicted molar refractivity (Wildman–Crippen MR) is 304 cm³/mol. The lowest BCUT2D eigenvalue weighted by Gasteiger charge is -2.38. The number of rotatable bonds is 7. The molecule has 7 aliphatic rings. The lowest BCUT2D eigenvalue weighted by Crippen LogP contribution is -2.35. The first-order valence-electron chi connectivity index (χ1n) is 26.1. The largest absolute Gasteiger partial charge is 0.363 e. The van der Waals surface area contributed by atoms with Crippen LogP contribution in [0.4, 0.5) is 11.4 Å². The van der Waals surface area contributed by atoms with Crippen LogP contribution in [0, 0.1) is 23.7 Å². The number of nitrogens with zero attached hydrogens (tertiary/aromatic N) is 3. The lowest BCUT2D eigenvalue weighted by molar-refractivity contribution is 0.546. The molecule has 6 aromatic carbocycles. The van der Waals surface area contributed by atoms with Crippen LogP contribution in [0.2, 0.25) is 0 Å². The maximum Gasteiger partial charge on any atom is 0.145 e. The minimum atomic E-state index is -0.215. The van der Waals surface area contributed by atoms with Gasteiger partial charge in [-0.25, -0.2) is 0 Å². The SMILES string of the molecule is C1#CCC=C(C2=NC(c3cccc(-c4ccc(-c5cccc(N6c7ccccc7-c7c(c8ccccc8n7C7=Cc8ccccc8C8C=CC=C[C@H]78)C7CCC=CC76)c5)cc4)c3)NC(C3C=CC=CC3)=C2)C=C1. The monoisotopic (exact) mass is 938 g/mol. The molecule has 3 heterocycles. The number of aromatic nitrogens is 1. The second-order valence-electron chi connectivity index (χ2n) is 20.2. The van der Waals surface area contributed by atoms with Gasteiger partial charge in [0.1, 0.15) is 6.17 Å². The molecule has 7 aromatic rings. The Kier molecular flexibility index (Phi) is 10.8. The van der Waals surface area contributed by atoms with Crippen molar-refractivity contribution in [2.24, 2.45) is 16.8 Å². The minimum Gasteiger partial charge on any atom is -0.363 e. The number of nitrogens with one attached hydrogen (secondary N) is 1. The quantitative estimate of drug-likeness (QED) is 0.128. The highest BCUT2D eigenvalue weighted by molar-refractivity contribution is 6.11. The third-order valence-corrected chi connectivity index (χ3v) is 16.1. The average Bonchev–Trinajstić information content (AvgIpc) is 3.60. The van der Waals surface area contributed by atoms with E-state index >= 15 is 0 Å². The normalized spacial score (nSPS) is 22.9. The van der Waals surface area contributed by atoms with E-state index in [1.807, 2.05) is 6.08 Å². The van der Waals surface area contributed by atoms with Crippen LogP contribution in [0.5, 0.6) is 0 Å². The van der Waals surface area contributed by atoms with E-state index in [2.05, 4.69) is 257 Å². The summed E-state index contributed by atoms with van der Waals surface area (Å²) in [5.41, 5.74) is 21.0. The van der Waals surface area contributed by atoms with Crippen molar-refractivity contribution in [1.82, 2.24) is 9.88 Å². The van der Waals surface area contributed by atoms with Crippen molar-refractivity contribution < 1.29 is 0 Å². The first kappa shape index (κ1) is 43.2. The van der Waals surface area contributed by atoms with Gasteiger partial charge in [-0.1, -0.05) is 194 Å². The molecule has 0 radical (unpaired) electrons. The molecule has 6 atom stereocenters. The topological polar surface area (TPSA) is 32.6 Å². The lowest BCUT2D eigenvalue weighted by atomic mass is 9.75. The Morgan fingerprint density at radius 1 is 0.658 bits per heavy atom. The Labute approximate surface area is 428 Å². The Morgan fingerprint density at radius 3 is 2.34 bits per heavy atom. The van der Waals surface area contributed by atoms with Crippen molar-refractivity contribution in [2.75, 3.05) is 4.90 Å². The number of hydrogen-bond donors (Lipinski definition) is 1. The summed E-state index contributed by atoms with van der Waals surface area (Å²) in [5, 5.41) is 5.18. The summed E-state index contributed by atoms with van der Waals surface area (Å²) in [6.45, 7) is 0. The van der Waals surface area contributed by atoms with E-state index in [9.17, 15) is 0 Å². The van der Waals surface area contributed by atoms with Gasteiger partial charge in [0.15, 0.2) is 0 Å². The Bertz CT molecular complexity index is 3770. The van der Waals surface area contributed by atoms with Crippen LogP contribution in [0.3, 0.4) is 0 Å². The third-order valence-electron chi connectivity index (χ3n) is 16.1. The molecule has 0 bridgehead atoms. The fourth-order valence-electron chi connectivity index (χ4n) is 12.7. The van der Waals surface area contributed by atoms with E-state index in [0.29, 0.717) is 0 Å². The van der Waals surface area contributed by atoms with Gasteiger partial charge in [-0.3, -0.25) is 4.99 Å². The zero-order valence-electron chi connectivity index (χ0n) is 40.7. The molecule has 14 rings (SSSR count). The average molecular weight is 939 g/mol. The number of fused-ring (bicyclic) bond motifs is 10. The zero-order valence-corrected chi connectivity index (χ0v) is 40.7. The second kappa shape index (κ2) is 18.2. The summed E-state index contributed by atoms with van der Waals surface area (Å²) in [4.78, 5) is 7.96. The van der Waals surface area contributed by atoms with Crippen LogP contribution in [-0.4, -0.2) is 16.3 Å². The molecule has 5 unspecified atom stereocenters. The summed E-state index contributed by atoms with van der Waals surface area (Å²) >= 11 is 0. The molecule has 4 nitrogen and oxygen atoms in total. The highest BCUT2D eigenvalue weighted by Crippen LogP contribution is 2.55. The van der Waals surface area contributed by atoms with E-state index in [-0.39, 0.29) is 35.9 Å². The smallest absolute Gasteiger partial charge is 0.145 e. The Balaban J connectivity index is 0.821. The van der Waals surface area contributed by atoms with Crippen LogP contribution in [-0.2, 0) is 0 Å². The highest BCUT2D eigenvalue weighted by atomic mass is 15.2. The maximum absolute atomic E-state index is 5.31. The molecule has 2 aliphatic heterocycles. The van der Waals surface area contributed by atoms with Gasteiger partial charge >= 0.3 is 0 Å². The molecule has 1 N–H and O–H groups in total. The molecule has 0 spiro atoms. The van der Waals surface area contributed by atoms with Crippen molar-refractivity contribution in [1.29, 1.82) is 0 Å². The van der Waals surface area contributed by atoms with Gasteiger partial charge in [0.05, 0.1) is 28.7 Å². The van der Waals surface area contributed by atoms with E-state index < -0.39 is 0 Å². The van der Waals surface area contributed by atoms with Crippen LogP contribution in [0.15, 0.2) is 247 Å². The molecule has 0 saturated heterocycles. The van der Waals surface area contributed by atoms with Gasteiger partial charge < -0.3 is 14.8 Å². The van der Waals surface area contributed by atoms with Gasteiger partial charge in [-0.05, 0) is 124 Å². The first-order chi connectivity index (χ1) is 36.2. The summed E-state index contributed by atoms with van der Waals surface area (Å²) < 4.78 is 2.66. The van der Waals surface area contributed by atoms with Gasteiger partial charge in [-0.15, -0.1) is 0 Å². The second-order valence-corrected chi connectivity index (χ2v) is 20.2. The van der Waals surface area contributed by atoms with E-state index in [0.717, 1.165) is 42.5 Å². The van der Waals surface area contributed by atoms with Crippen molar-refractivity contribution in [3.63, 3.8) is 0 Å². The zero-order chi connectivity index (χ0) is 48.2. The standard InChI is InChI=1S/C69H54N4/c1-2-5-21-48(20-4-1)61-45-62(49-22-6-3-7-23-49)71-69(70-61)53-27-18-25-50(42-53)46-38-40-47(41-39-46)51-26-19-28-54(43-51)72-63-35-15-12-32-58(63)67-59-33-13-16-36-64(59)73(68(67)60-34-14-17-37-65(60)72)66-44-52-24-8-9-29-55(52)56-30-10-11-31-57(56)66/h3-4,6-11,13-22,24-31,33-45,49,56-58,63,69,71H,5,12,23,32H2/t49?,56?,57-,58?,63?,69?/m0/s1. The minimum absolute atomic E-state index is 0.127. The van der Waals surface area contributed by atoms with Crippen molar-refractivity contribution in [3.8, 4) is 45.4 Å². The van der Waals surface area contributed by atoms with Crippen molar-refractivity contribution in [3.05, 3.63) is 264 Å². The molecule has 5 aliphatic carbocycles. The molecule has 73 heavy (non-hydrogen) atoms. The molecule has 0 saturated carbocycles. The van der Waals surface area contributed by atoms with Crippen molar-refractivity contribution in [2.45, 2.75) is 49.7 Å². The number of allylic oxidation sites excluding steroid dienone is 15. The van der Waals surface area contributed by atoms with Crippen molar-refractivity contribution >= 4 is 39.8 Å². The Morgan fingerprint density at radius 2 is 1.45 bits per heavy atom. The molecule has 0 amide bonds. The van der Waals surface area contributed by atoms with Crippen LogP contribution in [0.25, 0.3) is 56.2 Å². The van der Waals surface area contributed by atoms with Gasteiger partial charge in [0.25, 0.3) is 0 Å². The van der Waals surface area contributed by atoms with Crippen LogP contribution >= 0.6 is 0 Å². The van der Waals surface area contributed by atoms with Gasteiger partial charge in [0.2, 0.25) is 0 Å². The summed E-state index contributed by atoms with van der Waals surface area (Å²) in [6, 6.07) is 54.8. The number of para-hydroxylation sites is 2. The first-order valence-corrected chi connectivity index (χ1v) is 26.1. The molecular weight excluding hydrogens is 885 g/mol. The van der Waals surface area contributed by atoms with Gasteiger partial charge in [0, 0.05) is 58.1 Å². The van der Waals surface area contributed by atoms with Gasteiger partial charge in [-0.2, -0.15) is 0 Å². The maximum atomic E-state index is 5.31. The van der Waals surface area contributed by atoms with E-state index in [1.54, 1.807) is 0 Å². The third kappa shape index (κ3) is 7.58. The van der Waals surface area contributed by atoms with Crippen LogP contribution in [0.1, 0.15) is 65.9 Å². The summed E-state index contributed by atoms with van der Waals surface area (Å²) in [7, 11) is 0. The number of aliphatic imine (C=N–C) groups is 1.